The van der Waals surface area contributed by atoms with Crippen LogP contribution in [-0.2, 0) is 17.6 Å². The first-order valence-corrected chi connectivity index (χ1v) is 9.48. The van der Waals surface area contributed by atoms with Gasteiger partial charge in [-0.3, -0.25) is 9.59 Å². The molecule has 0 radical (unpaired) electrons. The Hall–Kier alpha value is -2.69. The molecule has 0 spiro atoms. The molecule has 1 aliphatic rings. The van der Waals surface area contributed by atoms with Gasteiger partial charge in [-0.15, -0.1) is 0 Å². The molecule has 1 aliphatic heterocycles. The maximum absolute atomic E-state index is 13.8. The van der Waals surface area contributed by atoms with Gasteiger partial charge in [-0.2, -0.15) is 0 Å². The van der Waals surface area contributed by atoms with Crippen LogP contribution in [0.3, 0.4) is 0 Å². The fourth-order valence-corrected chi connectivity index (χ4v) is 3.31. The molecule has 3 rings (SSSR count). The Labute approximate surface area is 159 Å². The maximum Gasteiger partial charge on any atom is 0.256 e. The lowest BCUT2D eigenvalue weighted by Crippen LogP contribution is -2.50. The fourth-order valence-electron chi connectivity index (χ4n) is 3.31. The first-order chi connectivity index (χ1) is 13.1. The van der Waals surface area contributed by atoms with Crippen molar-refractivity contribution in [1.82, 2.24) is 9.80 Å². The molecule has 0 N–H and O–H groups in total. The monoisotopic (exact) mass is 368 g/mol. The Morgan fingerprint density at radius 1 is 0.889 bits per heavy atom. The van der Waals surface area contributed by atoms with Crippen molar-refractivity contribution in [3.63, 3.8) is 0 Å². The SMILES string of the molecule is CCc1ccc(CCC(=O)N2CCN(C(=O)c3ccccc3F)CC2)cc1. The lowest BCUT2D eigenvalue weighted by molar-refractivity contribution is -0.132. The third kappa shape index (κ3) is 4.73. The van der Waals surface area contributed by atoms with E-state index in [1.807, 2.05) is 0 Å². The summed E-state index contributed by atoms with van der Waals surface area (Å²) in [5.74, 6) is -0.709. The molecule has 0 aliphatic carbocycles. The van der Waals surface area contributed by atoms with Crippen LogP contribution < -0.4 is 0 Å². The molecule has 1 heterocycles. The van der Waals surface area contributed by atoms with Crippen LogP contribution in [0.1, 0.15) is 34.8 Å². The predicted molar refractivity (Wildman–Crippen MR) is 103 cm³/mol. The van der Waals surface area contributed by atoms with Gasteiger partial charge < -0.3 is 9.80 Å². The highest BCUT2D eigenvalue weighted by Gasteiger charge is 2.25. The largest absolute Gasteiger partial charge is 0.339 e. The number of rotatable bonds is 5. The van der Waals surface area contributed by atoms with Crippen LogP contribution in [0, 0.1) is 5.82 Å². The van der Waals surface area contributed by atoms with Gasteiger partial charge in [0, 0.05) is 32.6 Å². The number of nitrogens with zero attached hydrogens (tertiary/aromatic N) is 2. The summed E-state index contributed by atoms with van der Waals surface area (Å²) in [6.07, 6.45) is 2.19. The highest BCUT2D eigenvalue weighted by Crippen LogP contribution is 2.14. The van der Waals surface area contributed by atoms with Crippen molar-refractivity contribution in [3.8, 4) is 0 Å². The zero-order chi connectivity index (χ0) is 19.2. The Balaban J connectivity index is 1.48. The summed E-state index contributed by atoms with van der Waals surface area (Å²) in [4.78, 5) is 28.3. The molecule has 142 valence electrons. The molecule has 27 heavy (non-hydrogen) atoms. The zero-order valence-corrected chi connectivity index (χ0v) is 15.7. The molecule has 0 atom stereocenters. The second kappa shape index (κ2) is 8.80. The van der Waals surface area contributed by atoms with Gasteiger partial charge in [-0.1, -0.05) is 43.3 Å². The summed E-state index contributed by atoms with van der Waals surface area (Å²) >= 11 is 0. The topological polar surface area (TPSA) is 40.6 Å². The van der Waals surface area contributed by atoms with E-state index in [0.29, 0.717) is 32.6 Å². The molecule has 0 unspecified atom stereocenters. The number of amides is 2. The van der Waals surface area contributed by atoms with Gasteiger partial charge >= 0.3 is 0 Å². The van der Waals surface area contributed by atoms with Crippen molar-refractivity contribution in [1.29, 1.82) is 0 Å². The maximum atomic E-state index is 13.8. The van der Waals surface area contributed by atoms with Crippen molar-refractivity contribution in [2.45, 2.75) is 26.2 Å². The van der Waals surface area contributed by atoms with E-state index < -0.39 is 5.82 Å². The average molecular weight is 368 g/mol. The van der Waals surface area contributed by atoms with E-state index in [0.717, 1.165) is 18.4 Å². The zero-order valence-electron chi connectivity index (χ0n) is 15.7. The lowest BCUT2D eigenvalue weighted by Gasteiger charge is -2.35. The Morgan fingerprint density at radius 3 is 2.11 bits per heavy atom. The minimum absolute atomic E-state index is 0.0906. The molecule has 0 aromatic heterocycles. The van der Waals surface area contributed by atoms with Crippen molar-refractivity contribution < 1.29 is 14.0 Å². The molecule has 5 heteroatoms. The molecule has 4 nitrogen and oxygen atoms in total. The number of piperazine rings is 1. The third-order valence-corrected chi connectivity index (χ3v) is 5.08. The first kappa shape index (κ1) is 19.1. The number of benzene rings is 2. The average Bonchev–Trinajstić information content (AvgIpc) is 2.72. The second-order valence-electron chi connectivity index (χ2n) is 6.82. The summed E-state index contributed by atoms with van der Waals surface area (Å²) in [7, 11) is 0. The second-order valence-corrected chi connectivity index (χ2v) is 6.82. The van der Waals surface area contributed by atoms with Crippen molar-refractivity contribution in [2.24, 2.45) is 0 Å². The van der Waals surface area contributed by atoms with Crippen LogP contribution in [0.25, 0.3) is 0 Å². The summed E-state index contributed by atoms with van der Waals surface area (Å²) in [6, 6.07) is 14.4. The van der Waals surface area contributed by atoms with Crippen LogP contribution >= 0.6 is 0 Å². The fraction of sp³-hybridized carbons (Fsp3) is 0.364. The number of aryl methyl sites for hydroxylation is 2. The van der Waals surface area contributed by atoms with Crippen molar-refractivity contribution >= 4 is 11.8 Å². The van der Waals surface area contributed by atoms with E-state index in [1.165, 1.54) is 17.7 Å². The molecular formula is C22H25FN2O2. The van der Waals surface area contributed by atoms with Crippen LogP contribution in [0.15, 0.2) is 48.5 Å². The number of carbonyl (C=O) groups is 2. The molecule has 2 aromatic rings. The van der Waals surface area contributed by atoms with Crippen LogP contribution in [-0.4, -0.2) is 47.8 Å². The van der Waals surface area contributed by atoms with Crippen LogP contribution in [0.5, 0.6) is 0 Å². The quantitative estimate of drug-likeness (QED) is 0.812. The summed E-state index contributed by atoms with van der Waals surface area (Å²) in [6.45, 7) is 3.98. The summed E-state index contributed by atoms with van der Waals surface area (Å²) < 4.78 is 13.8. The van der Waals surface area contributed by atoms with Gasteiger partial charge in [-0.25, -0.2) is 4.39 Å². The Kier molecular flexibility index (Phi) is 6.22. The molecule has 1 fully saturated rings. The Morgan fingerprint density at radius 2 is 1.48 bits per heavy atom. The standard InChI is InChI=1S/C22H25FN2O2/c1-2-17-7-9-18(10-8-17)11-12-21(26)24-13-15-25(16-14-24)22(27)19-5-3-4-6-20(19)23/h3-10H,2,11-16H2,1H3. The highest BCUT2D eigenvalue weighted by molar-refractivity contribution is 5.94. The molecule has 0 bridgehead atoms. The number of carbonyl (C=O) groups excluding carboxylic acids is 2. The minimum Gasteiger partial charge on any atom is -0.339 e. The van der Waals surface area contributed by atoms with Gasteiger partial charge in [0.2, 0.25) is 5.91 Å². The molecule has 0 saturated carbocycles. The van der Waals surface area contributed by atoms with E-state index in [4.69, 9.17) is 0 Å². The van der Waals surface area contributed by atoms with Crippen molar-refractivity contribution in [3.05, 3.63) is 71.0 Å². The van der Waals surface area contributed by atoms with Crippen molar-refractivity contribution in [2.75, 3.05) is 26.2 Å². The number of hydrogen-bond acceptors (Lipinski definition) is 2. The van der Waals surface area contributed by atoms with Gasteiger partial charge in [0.1, 0.15) is 5.82 Å². The van der Waals surface area contributed by atoms with Gasteiger partial charge in [0.05, 0.1) is 5.56 Å². The van der Waals surface area contributed by atoms with E-state index in [-0.39, 0.29) is 17.4 Å². The van der Waals surface area contributed by atoms with Gasteiger partial charge in [0.25, 0.3) is 5.91 Å². The highest BCUT2D eigenvalue weighted by atomic mass is 19.1. The van der Waals surface area contributed by atoms with Gasteiger partial charge in [-0.05, 0) is 36.1 Å². The molecular weight excluding hydrogens is 343 g/mol. The minimum atomic E-state index is -0.505. The molecule has 2 aromatic carbocycles. The Bertz CT molecular complexity index is 796. The van der Waals surface area contributed by atoms with E-state index in [1.54, 1.807) is 21.9 Å². The molecule has 1 saturated heterocycles. The normalized spacial score (nSPS) is 14.3. The smallest absolute Gasteiger partial charge is 0.256 e. The van der Waals surface area contributed by atoms with Gasteiger partial charge in [0.15, 0.2) is 0 Å². The number of halogens is 1. The van der Waals surface area contributed by atoms with Crippen LogP contribution in [0.4, 0.5) is 4.39 Å². The summed E-state index contributed by atoms with van der Waals surface area (Å²) in [5.41, 5.74) is 2.54. The summed E-state index contributed by atoms with van der Waals surface area (Å²) in [5, 5.41) is 0. The lowest BCUT2D eigenvalue weighted by atomic mass is 10.1. The van der Waals surface area contributed by atoms with E-state index >= 15 is 0 Å². The van der Waals surface area contributed by atoms with Crippen LogP contribution in [0.2, 0.25) is 0 Å². The third-order valence-electron chi connectivity index (χ3n) is 5.08. The number of hydrogen-bond donors (Lipinski definition) is 0. The van der Waals surface area contributed by atoms with E-state index in [9.17, 15) is 14.0 Å². The predicted octanol–water partition coefficient (Wildman–Crippen LogP) is 3.31. The van der Waals surface area contributed by atoms with E-state index in [2.05, 4.69) is 31.2 Å². The first-order valence-electron chi connectivity index (χ1n) is 9.48. The molecule has 2 amide bonds.